The van der Waals surface area contributed by atoms with Gasteiger partial charge in [0.15, 0.2) is 5.69 Å². The Labute approximate surface area is 191 Å². The molecule has 0 radical (unpaired) electrons. The number of nitrogens with zero attached hydrogens (tertiary/aromatic N) is 3. The number of sulfonamides is 1. The lowest BCUT2D eigenvalue weighted by atomic mass is 10.2. The van der Waals surface area contributed by atoms with Gasteiger partial charge in [0.1, 0.15) is 12.3 Å². The molecule has 170 valence electrons. The Balaban J connectivity index is 1.99. The van der Waals surface area contributed by atoms with Crippen LogP contribution in [-0.4, -0.2) is 67.9 Å². The highest BCUT2D eigenvalue weighted by atomic mass is 79.9. The first kappa shape index (κ1) is 24.0. The minimum Gasteiger partial charge on any atom is -0.464 e. The zero-order valence-electron chi connectivity index (χ0n) is 17.8. The number of rotatable bonds is 9. The van der Waals surface area contributed by atoms with Gasteiger partial charge in [-0.05, 0) is 59.7 Å². The van der Waals surface area contributed by atoms with Gasteiger partial charge in [-0.15, -0.1) is 0 Å². The van der Waals surface area contributed by atoms with Gasteiger partial charge in [-0.25, -0.2) is 27.9 Å². The Morgan fingerprint density at radius 2 is 2.03 bits per heavy atom. The van der Waals surface area contributed by atoms with Crippen LogP contribution in [0.2, 0.25) is 0 Å². The van der Waals surface area contributed by atoms with Gasteiger partial charge in [0, 0.05) is 15.6 Å². The number of benzene rings is 1. The van der Waals surface area contributed by atoms with Crippen molar-refractivity contribution >= 4 is 52.9 Å². The lowest BCUT2D eigenvalue weighted by Gasteiger charge is -2.24. The molecule has 1 aromatic carbocycles. The van der Waals surface area contributed by atoms with Gasteiger partial charge in [-0.3, -0.25) is 0 Å². The zero-order chi connectivity index (χ0) is 23.0. The number of hydrogen-bond donors (Lipinski definition) is 1. The fraction of sp³-hybridized carbons (Fsp3) is 0.526. The summed E-state index contributed by atoms with van der Waals surface area (Å²) in [6.07, 6.45) is 7.51. The summed E-state index contributed by atoms with van der Waals surface area (Å²) in [5.41, 5.74) is -0.552. The SMILES string of the molecule is COC(=O)c1nn(COCCS(C)(C)C)c2c(Br)cc(S(=O)(=O)NC3(C#N)CC3)cc12. The maximum atomic E-state index is 12.9. The van der Waals surface area contributed by atoms with Crippen molar-refractivity contribution < 1.29 is 22.7 Å². The molecule has 0 spiro atoms. The van der Waals surface area contributed by atoms with Gasteiger partial charge in [-0.1, -0.05) is 0 Å². The third kappa shape index (κ3) is 5.40. The number of nitrogens with one attached hydrogen (secondary N) is 1. The molecule has 1 aliphatic carbocycles. The van der Waals surface area contributed by atoms with E-state index in [2.05, 4.69) is 44.5 Å². The van der Waals surface area contributed by atoms with Crippen molar-refractivity contribution in [1.29, 1.82) is 5.26 Å². The molecular formula is C19H25BrN4O5S2. The highest BCUT2D eigenvalue weighted by Gasteiger charge is 2.47. The zero-order valence-corrected chi connectivity index (χ0v) is 21.0. The quantitative estimate of drug-likeness (QED) is 0.388. The third-order valence-corrected chi connectivity index (χ3v) is 8.32. The highest BCUT2D eigenvalue weighted by molar-refractivity contribution is 9.10. The number of carbonyl (C=O) groups is 1. The van der Waals surface area contributed by atoms with E-state index in [1.54, 1.807) is 0 Å². The second-order valence-corrected chi connectivity index (χ2v) is 15.4. The standard InChI is InChI=1S/C19H25BrN4O5S2/c1-28-18(25)16-14-9-13(31(26,27)23-19(11-21)5-6-19)10-15(20)17(14)24(22-16)12-29-7-8-30(2,3)4/h9-10,23H,5-8,12H2,1-4H3. The van der Waals surface area contributed by atoms with Gasteiger partial charge in [0.05, 0.1) is 30.2 Å². The molecule has 0 unspecified atom stereocenters. The Kier molecular flexibility index (Phi) is 6.74. The van der Waals surface area contributed by atoms with E-state index in [4.69, 9.17) is 9.47 Å². The summed E-state index contributed by atoms with van der Waals surface area (Å²) in [4.78, 5) is 12.2. The number of halogens is 1. The summed E-state index contributed by atoms with van der Waals surface area (Å²) in [7, 11) is -3.46. The molecule has 1 fully saturated rings. The molecule has 3 rings (SSSR count). The summed E-state index contributed by atoms with van der Waals surface area (Å²) < 4.78 is 40.7. The minimum absolute atomic E-state index is 0.0123. The molecule has 1 N–H and O–H groups in total. The Morgan fingerprint density at radius 1 is 1.35 bits per heavy atom. The van der Waals surface area contributed by atoms with Crippen molar-refractivity contribution in [3.8, 4) is 6.07 Å². The summed E-state index contributed by atoms with van der Waals surface area (Å²) in [6, 6.07) is 4.80. The number of esters is 1. The van der Waals surface area contributed by atoms with Gasteiger partial charge >= 0.3 is 5.97 Å². The molecule has 1 aromatic heterocycles. The number of nitriles is 1. The molecule has 1 heterocycles. The number of aromatic nitrogens is 2. The van der Waals surface area contributed by atoms with E-state index >= 15 is 0 Å². The Hall–Kier alpha value is -1.65. The van der Waals surface area contributed by atoms with Crippen LogP contribution < -0.4 is 4.72 Å². The number of hydrogen-bond acceptors (Lipinski definition) is 7. The predicted octanol–water partition coefficient (Wildman–Crippen LogP) is 2.59. The molecule has 0 amide bonds. The van der Waals surface area contributed by atoms with Crippen LogP contribution in [0.25, 0.3) is 10.9 Å². The van der Waals surface area contributed by atoms with Crippen molar-refractivity contribution in [2.75, 3.05) is 38.2 Å². The molecule has 0 saturated heterocycles. The lowest BCUT2D eigenvalue weighted by molar-refractivity contribution is 0.0586. The highest BCUT2D eigenvalue weighted by Crippen LogP contribution is 2.37. The van der Waals surface area contributed by atoms with Crippen LogP contribution in [-0.2, 0) is 26.2 Å². The second-order valence-electron chi connectivity index (χ2n) is 8.27. The normalized spacial score (nSPS) is 16.1. The van der Waals surface area contributed by atoms with Gasteiger partial charge < -0.3 is 9.47 Å². The van der Waals surface area contributed by atoms with Crippen molar-refractivity contribution in [1.82, 2.24) is 14.5 Å². The van der Waals surface area contributed by atoms with E-state index in [-0.39, 0.29) is 17.3 Å². The van der Waals surface area contributed by atoms with Crippen LogP contribution in [0.4, 0.5) is 0 Å². The van der Waals surface area contributed by atoms with Crippen molar-refractivity contribution in [3.05, 3.63) is 22.3 Å². The Morgan fingerprint density at radius 3 is 2.58 bits per heavy atom. The van der Waals surface area contributed by atoms with Crippen LogP contribution in [0.15, 0.2) is 21.5 Å². The number of fused-ring (bicyclic) bond motifs is 1. The number of carbonyl (C=O) groups excluding carboxylic acids is 1. The smallest absolute Gasteiger partial charge is 0.359 e. The topological polar surface area (TPSA) is 123 Å². The van der Waals surface area contributed by atoms with Crippen molar-refractivity contribution in [2.24, 2.45) is 0 Å². The summed E-state index contributed by atoms with van der Waals surface area (Å²) in [5.74, 6) is 0.235. The van der Waals surface area contributed by atoms with E-state index in [9.17, 15) is 18.5 Å². The molecule has 12 heteroatoms. The molecule has 0 aliphatic heterocycles. The summed E-state index contributed by atoms with van der Waals surface area (Å²) in [5, 5.41) is 13.8. The molecule has 2 aromatic rings. The summed E-state index contributed by atoms with van der Waals surface area (Å²) in [6.45, 7) is 0.640. The van der Waals surface area contributed by atoms with Crippen LogP contribution in [0.5, 0.6) is 0 Å². The fourth-order valence-corrected chi connectivity index (χ4v) is 5.74. The average molecular weight is 533 g/mol. The van der Waals surface area contributed by atoms with Crippen molar-refractivity contribution in [2.45, 2.75) is 30.0 Å². The van der Waals surface area contributed by atoms with Crippen LogP contribution in [0, 0.1) is 11.3 Å². The minimum atomic E-state index is -3.98. The largest absolute Gasteiger partial charge is 0.464 e. The van der Waals surface area contributed by atoms with E-state index in [0.29, 0.717) is 34.8 Å². The van der Waals surface area contributed by atoms with E-state index in [1.165, 1.54) is 23.9 Å². The fourth-order valence-electron chi connectivity index (χ4n) is 2.88. The summed E-state index contributed by atoms with van der Waals surface area (Å²) >= 11 is 3.41. The first-order chi connectivity index (χ1) is 14.4. The van der Waals surface area contributed by atoms with Gasteiger partial charge in [0.25, 0.3) is 0 Å². The maximum absolute atomic E-state index is 12.9. The molecule has 9 nitrogen and oxygen atoms in total. The van der Waals surface area contributed by atoms with Crippen molar-refractivity contribution in [3.63, 3.8) is 0 Å². The Bertz CT molecular complexity index is 1160. The first-order valence-corrected chi connectivity index (χ1v) is 14.7. The lowest BCUT2D eigenvalue weighted by Crippen LogP contribution is -2.35. The van der Waals surface area contributed by atoms with Crippen LogP contribution in [0.3, 0.4) is 0 Å². The van der Waals surface area contributed by atoms with E-state index in [1.807, 2.05) is 6.07 Å². The van der Waals surface area contributed by atoms with Gasteiger partial charge in [0.2, 0.25) is 10.0 Å². The maximum Gasteiger partial charge on any atom is 0.359 e. The van der Waals surface area contributed by atoms with Crippen LogP contribution >= 0.6 is 26.0 Å². The molecule has 31 heavy (non-hydrogen) atoms. The van der Waals surface area contributed by atoms with Crippen LogP contribution in [0.1, 0.15) is 23.3 Å². The monoisotopic (exact) mass is 532 g/mol. The third-order valence-electron chi connectivity index (χ3n) is 4.81. The number of methoxy groups -OCH3 is 1. The molecule has 1 aliphatic rings. The molecular weight excluding hydrogens is 508 g/mol. The predicted molar refractivity (Wildman–Crippen MR) is 123 cm³/mol. The first-order valence-electron chi connectivity index (χ1n) is 9.39. The average Bonchev–Trinajstić information content (AvgIpc) is 3.35. The van der Waals surface area contributed by atoms with E-state index in [0.717, 1.165) is 5.75 Å². The molecule has 1 saturated carbocycles. The van der Waals surface area contributed by atoms with E-state index < -0.39 is 31.6 Å². The molecule has 0 atom stereocenters. The molecule has 0 bridgehead atoms. The number of ether oxygens (including phenoxy) is 2. The van der Waals surface area contributed by atoms with Gasteiger partial charge in [-0.2, -0.15) is 15.1 Å². The second kappa shape index (κ2) is 8.71.